The first-order chi connectivity index (χ1) is 11.7. The van der Waals surface area contributed by atoms with Crippen molar-refractivity contribution in [2.45, 2.75) is 51.9 Å². The fourth-order valence-electron chi connectivity index (χ4n) is 1.92. The molecule has 0 amide bonds. The van der Waals surface area contributed by atoms with Crippen LogP contribution in [0.4, 0.5) is 0 Å². The van der Waals surface area contributed by atoms with E-state index in [0.29, 0.717) is 32.8 Å². The Balaban J connectivity index is 3.19. The molecule has 0 atom stereocenters. The van der Waals surface area contributed by atoms with Gasteiger partial charge in [-0.3, -0.25) is 4.79 Å². The van der Waals surface area contributed by atoms with E-state index in [1.807, 2.05) is 0 Å². The van der Waals surface area contributed by atoms with Gasteiger partial charge in [0.2, 0.25) is 0 Å². The summed E-state index contributed by atoms with van der Waals surface area (Å²) >= 11 is 0. The van der Waals surface area contributed by atoms with Crippen molar-refractivity contribution in [3.63, 3.8) is 0 Å². The quantitative estimate of drug-likeness (QED) is 0.229. The summed E-state index contributed by atoms with van der Waals surface area (Å²) in [5, 5.41) is 0. The zero-order valence-corrected chi connectivity index (χ0v) is 14.9. The molecule has 0 bridgehead atoms. The zero-order chi connectivity index (χ0) is 17.9. The third-order valence-corrected chi connectivity index (χ3v) is 3.24. The molecule has 6 heteroatoms. The Bertz CT molecular complexity index is 329. The summed E-state index contributed by atoms with van der Waals surface area (Å²) < 4.78 is 20.3. The van der Waals surface area contributed by atoms with Gasteiger partial charge in [-0.25, -0.2) is 4.79 Å². The third kappa shape index (κ3) is 17.0. The average molecular weight is 344 g/mol. The fraction of sp³-hybridized carbons (Fsp3) is 0.778. The minimum atomic E-state index is -0.461. The van der Waals surface area contributed by atoms with Crippen LogP contribution in [0.3, 0.4) is 0 Å². The van der Waals surface area contributed by atoms with Crippen LogP contribution in [0.15, 0.2) is 12.7 Å². The van der Waals surface area contributed by atoms with Crippen LogP contribution >= 0.6 is 0 Å². The van der Waals surface area contributed by atoms with Crippen LogP contribution in [-0.4, -0.2) is 51.6 Å². The van der Waals surface area contributed by atoms with Gasteiger partial charge in [0.05, 0.1) is 26.4 Å². The number of rotatable bonds is 17. The molecule has 140 valence electrons. The fourth-order valence-corrected chi connectivity index (χ4v) is 1.92. The Kier molecular flexibility index (Phi) is 16.9. The highest BCUT2D eigenvalue weighted by atomic mass is 16.6. The van der Waals surface area contributed by atoms with E-state index in [1.165, 1.54) is 25.7 Å². The van der Waals surface area contributed by atoms with Gasteiger partial charge in [-0.15, -0.1) is 0 Å². The molecule has 0 spiro atoms. The SMILES string of the molecule is C=CC(=O)OCCOCCOCCOC(=O)CCCCCCCC. The second kappa shape index (κ2) is 17.9. The van der Waals surface area contributed by atoms with Crippen molar-refractivity contribution in [2.24, 2.45) is 0 Å². The second-order valence-electron chi connectivity index (χ2n) is 5.33. The Labute approximate surface area is 145 Å². The Morgan fingerprint density at radius 1 is 0.792 bits per heavy atom. The maximum absolute atomic E-state index is 11.5. The molecule has 0 rings (SSSR count). The molecule has 0 aliphatic heterocycles. The van der Waals surface area contributed by atoms with E-state index in [1.54, 1.807) is 0 Å². The lowest BCUT2D eigenvalue weighted by molar-refractivity contribution is -0.145. The molecule has 0 fully saturated rings. The Morgan fingerprint density at radius 2 is 1.33 bits per heavy atom. The van der Waals surface area contributed by atoms with E-state index in [2.05, 4.69) is 13.5 Å². The summed E-state index contributed by atoms with van der Waals surface area (Å²) in [6.45, 7) is 7.42. The summed E-state index contributed by atoms with van der Waals surface area (Å²) in [5.74, 6) is -0.619. The number of hydrogen-bond donors (Lipinski definition) is 0. The van der Waals surface area contributed by atoms with Crippen LogP contribution in [-0.2, 0) is 28.5 Å². The molecule has 0 saturated heterocycles. The predicted octanol–water partition coefficient (Wildman–Crippen LogP) is 3.04. The van der Waals surface area contributed by atoms with Crippen LogP contribution in [0, 0.1) is 0 Å². The van der Waals surface area contributed by atoms with Gasteiger partial charge in [-0.2, -0.15) is 0 Å². The lowest BCUT2D eigenvalue weighted by atomic mass is 10.1. The zero-order valence-electron chi connectivity index (χ0n) is 14.9. The minimum absolute atomic E-state index is 0.158. The molecular weight excluding hydrogens is 312 g/mol. The topological polar surface area (TPSA) is 71.1 Å². The average Bonchev–Trinajstić information content (AvgIpc) is 2.59. The van der Waals surface area contributed by atoms with Crippen LogP contribution < -0.4 is 0 Å². The van der Waals surface area contributed by atoms with E-state index in [4.69, 9.17) is 18.9 Å². The van der Waals surface area contributed by atoms with Crippen LogP contribution in [0.25, 0.3) is 0 Å². The molecule has 0 aliphatic carbocycles. The number of esters is 2. The molecule has 0 N–H and O–H groups in total. The summed E-state index contributed by atoms with van der Waals surface area (Å²) in [7, 11) is 0. The summed E-state index contributed by atoms with van der Waals surface area (Å²) in [4.78, 5) is 22.2. The second-order valence-corrected chi connectivity index (χ2v) is 5.33. The summed E-state index contributed by atoms with van der Waals surface area (Å²) in [6.07, 6.45) is 8.52. The van der Waals surface area contributed by atoms with Gasteiger partial charge in [0, 0.05) is 12.5 Å². The van der Waals surface area contributed by atoms with Crippen LogP contribution in [0.2, 0.25) is 0 Å². The number of carbonyl (C=O) groups excluding carboxylic acids is 2. The van der Waals surface area contributed by atoms with Gasteiger partial charge in [0.1, 0.15) is 13.2 Å². The highest BCUT2D eigenvalue weighted by Crippen LogP contribution is 2.07. The van der Waals surface area contributed by atoms with Gasteiger partial charge < -0.3 is 18.9 Å². The van der Waals surface area contributed by atoms with E-state index in [0.717, 1.165) is 18.9 Å². The Hall–Kier alpha value is -1.40. The predicted molar refractivity (Wildman–Crippen MR) is 91.7 cm³/mol. The maximum Gasteiger partial charge on any atom is 0.330 e. The van der Waals surface area contributed by atoms with Gasteiger partial charge in [0.25, 0.3) is 0 Å². The highest BCUT2D eigenvalue weighted by Gasteiger charge is 2.02. The van der Waals surface area contributed by atoms with Gasteiger partial charge in [-0.05, 0) is 6.42 Å². The molecular formula is C18H32O6. The summed E-state index contributed by atoms with van der Waals surface area (Å²) in [5.41, 5.74) is 0. The van der Waals surface area contributed by atoms with Crippen LogP contribution in [0.5, 0.6) is 0 Å². The number of hydrogen-bond acceptors (Lipinski definition) is 6. The molecule has 0 heterocycles. The van der Waals surface area contributed by atoms with Gasteiger partial charge in [0.15, 0.2) is 0 Å². The standard InChI is InChI=1S/C18H32O6/c1-3-5-6-7-8-9-10-18(20)24-16-14-22-12-11-21-13-15-23-17(19)4-2/h4H,2-3,5-16H2,1H3. The lowest BCUT2D eigenvalue weighted by Gasteiger charge is -2.07. The number of carbonyl (C=O) groups is 2. The third-order valence-electron chi connectivity index (χ3n) is 3.24. The Morgan fingerprint density at radius 3 is 1.96 bits per heavy atom. The molecule has 0 aromatic rings. The first-order valence-corrected chi connectivity index (χ1v) is 8.81. The van der Waals surface area contributed by atoms with E-state index >= 15 is 0 Å². The van der Waals surface area contributed by atoms with Crippen molar-refractivity contribution in [3.8, 4) is 0 Å². The molecule has 0 aromatic heterocycles. The lowest BCUT2D eigenvalue weighted by Crippen LogP contribution is -2.14. The molecule has 0 radical (unpaired) electrons. The van der Waals surface area contributed by atoms with E-state index < -0.39 is 5.97 Å². The maximum atomic E-state index is 11.5. The largest absolute Gasteiger partial charge is 0.463 e. The molecule has 0 aromatic carbocycles. The monoisotopic (exact) mass is 344 g/mol. The highest BCUT2D eigenvalue weighted by molar-refractivity contribution is 5.81. The van der Waals surface area contributed by atoms with E-state index in [9.17, 15) is 9.59 Å². The van der Waals surface area contributed by atoms with Crippen molar-refractivity contribution in [1.82, 2.24) is 0 Å². The number of unbranched alkanes of at least 4 members (excludes halogenated alkanes) is 5. The van der Waals surface area contributed by atoms with Crippen LogP contribution in [0.1, 0.15) is 51.9 Å². The first-order valence-electron chi connectivity index (χ1n) is 8.81. The van der Waals surface area contributed by atoms with Gasteiger partial charge >= 0.3 is 11.9 Å². The van der Waals surface area contributed by atoms with Crippen molar-refractivity contribution < 1.29 is 28.5 Å². The normalized spacial score (nSPS) is 10.4. The summed E-state index contributed by atoms with van der Waals surface area (Å²) in [6, 6.07) is 0. The molecule has 0 aliphatic rings. The number of ether oxygens (including phenoxy) is 4. The van der Waals surface area contributed by atoms with Gasteiger partial charge in [-0.1, -0.05) is 45.6 Å². The first kappa shape index (κ1) is 22.6. The molecule has 0 unspecified atom stereocenters. The van der Waals surface area contributed by atoms with Crippen molar-refractivity contribution in [3.05, 3.63) is 12.7 Å². The van der Waals surface area contributed by atoms with E-state index in [-0.39, 0.29) is 19.2 Å². The van der Waals surface area contributed by atoms with Crippen molar-refractivity contribution in [1.29, 1.82) is 0 Å². The minimum Gasteiger partial charge on any atom is -0.463 e. The van der Waals surface area contributed by atoms with Crippen molar-refractivity contribution >= 4 is 11.9 Å². The molecule has 6 nitrogen and oxygen atoms in total. The molecule has 0 saturated carbocycles. The smallest absolute Gasteiger partial charge is 0.330 e. The van der Waals surface area contributed by atoms with Crippen molar-refractivity contribution in [2.75, 3.05) is 39.6 Å². The molecule has 24 heavy (non-hydrogen) atoms.